The smallest absolute Gasteiger partial charge is 0.410 e. The van der Waals surface area contributed by atoms with Gasteiger partial charge in [-0.1, -0.05) is 0 Å². The van der Waals surface area contributed by atoms with E-state index in [-0.39, 0.29) is 17.6 Å². The molecule has 1 aliphatic heterocycles. The van der Waals surface area contributed by atoms with Crippen molar-refractivity contribution in [2.45, 2.75) is 52.1 Å². The highest BCUT2D eigenvalue weighted by atomic mass is 16.6. The van der Waals surface area contributed by atoms with Crippen LogP contribution in [-0.4, -0.2) is 47.4 Å². The molecule has 1 aromatic rings. The third-order valence-corrected chi connectivity index (χ3v) is 4.10. The molecule has 0 spiro atoms. The number of piperidine rings is 1. The van der Waals surface area contributed by atoms with Crippen LogP contribution in [0.5, 0.6) is 5.75 Å². The van der Waals surface area contributed by atoms with Gasteiger partial charge in [-0.3, -0.25) is 0 Å². The Bertz CT molecular complexity index is 627. The zero-order valence-electron chi connectivity index (χ0n) is 15.4. The van der Waals surface area contributed by atoms with Gasteiger partial charge in [0.2, 0.25) is 0 Å². The van der Waals surface area contributed by atoms with Crippen LogP contribution in [0.15, 0.2) is 18.2 Å². The molecule has 0 radical (unpaired) electrons. The Hall–Kier alpha value is -2.24. The molecule has 2 rings (SSSR count). The van der Waals surface area contributed by atoms with Crippen LogP contribution in [0.25, 0.3) is 0 Å². The highest BCUT2D eigenvalue weighted by Gasteiger charge is 2.28. The van der Waals surface area contributed by atoms with Crippen LogP contribution in [0.2, 0.25) is 0 Å². The van der Waals surface area contributed by atoms with Crippen LogP contribution >= 0.6 is 0 Å². The number of carboxylic acids is 1. The van der Waals surface area contributed by atoms with Gasteiger partial charge < -0.3 is 19.5 Å². The Kier molecular flexibility index (Phi) is 5.93. The number of amides is 1. The molecule has 1 saturated heterocycles. The monoisotopic (exact) mass is 349 g/mol. The fourth-order valence-corrected chi connectivity index (χ4v) is 2.95. The minimum Gasteiger partial charge on any atom is -0.494 e. The van der Waals surface area contributed by atoms with Gasteiger partial charge in [-0.15, -0.1) is 0 Å². The van der Waals surface area contributed by atoms with Gasteiger partial charge in [0.25, 0.3) is 0 Å². The van der Waals surface area contributed by atoms with E-state index in [1.807, 2.05) is 33.8 Å². The Labute approximate surface area is 148 Å². The second-order valence-electron chi connectivity index (χ2n) is 7.27. The second kappa shape index (κ2) is 7.76. The summed E-state index contributed by atoms with van der Waals surface area (Å²) < 4.78 is 10.9. The molecule has 0 unspecified atom stereocenters. The summed E-state index contributed by atoms with van der Waals surface area (Å²) in [4.78, 5) is 25.2. The Morgan fingerprint density at radius 2 is 1.84 bits per heavy atom. The zero-order valence-corrected chi connectivity index (χ0v) is 15.4. The van der Waals surface area contributed by atoms with E-state index in [0.717, 1.165) is 18.4 Å². The molecule has 1 aromatic carbocycles. The number of rotatable bonds is 4. The van der Waals surface area contributed by atoms with E-state index in [9.17, 15) is 14.7 Å². The summed E-state index contributed by atoms with van der Waals surface area (Å²) in [5, 5.41) is 9.30. The van der Waals surface area contributed by atoms with E-state index in [0.29, 0.717) is 25.4 Å². The van der Waals surface area contributed by atoms with Crippen molar-refractivity contribution < 1.29 is 24.2 Å². The van der Waals surface area contributed by atoms with Crippen LogP contribution in [0.4, 0.5) is 4.79 Å². The lowest BCUT2D eigenvalue weighted by atomic mass is 9.88. The maximum Gasteiger partial charge on any atom is 0.410 e. The number of carbonyl (C=O) groups is 2. The summed E-state index contributed by atoms with van der Waals surface area (Å²) in [6.07, 6.45) is 1.25. The molecule has 0 bridgehead atoms. The standard InChI is InChI=1S/C19H27NO5/c1-5-24-16-11-14(10-15(12-16)17(21)22)13-6-8-20(9-7-13)18(23)25-19(2,3)4/h10-13H,5-9H2,1-4H3,(H,21,22). The van der Waals surface area contributed by atoms with Gasteiger partial charge in [0.15, 0.2) is 0 Å². The average molecular weight is 349 g/mol. The number of likely N-dealkylation sites (tertiary alicyclic amines) is 1. The lowest BCUT2D eigenvalue weighted by molar-refractivity contribution is 0.0204. The molecule has 0 aliphatic carbocycles. The normalized spacial score (nSPS) is 15.8. The van der Waals surface area contributed by atoms with E-state index >= 15 is 0 Å². The number of ether oxygens (including phenoxy) is 2. The van der Waals surface area contributed by atoms with Gasteiger partial charge in [0.05, 0.1) is 12.2 Å². The van der Waals surface area contributed by atoms with Crippen LogP contribution in [0.1, 0.15) is 62.4 Å². The van der Waals surface area contributed by atoms with E-state index < -0.39 is 11.6 Å². The van der Waals surface area contributed by atoms with Gasteiger partial charge >= 0.3 is 12.1 Å². The molecule has 0 atom stereocenters. The van der Waals surface area contributed by atoms with E-state index in [1.165, 1.54) is 0 Å². The van der Waals surface area contributed by atoms with Crippen LogP contribution < -0.4 is 4.74 Å². The van der Waals surface area contributed by atoms with Crippen molar-refractivity contribution in [3.05, 3.63) is 29.3 Å². The fraction of sp³-hybridized carbons (Fsp3) is 0.579. The number of carbonyl (C=O) groups excluding carboxylic acids is 1. The summed E-state index contributed by atoms with van der Waals surface area (Å²) in [6, 6.07) is 5.16. The number of nitrogens with zero attached hydrogens (tertiary/aromatic N) is 1. The van der Waals surface area contributed by atoms with Crippen molar-refractivity contribution in [1.29, 1.82) is 0 Å². The highest BCUT2D eigenvalue weighted by molar-refractivity contribution is 5.88. The Balaban J connectivity index is 2.07. The first kappa shape index (κ1) is 19.1. The van der Waals surface area contributed by atoms with Crippen molar-refractivity contribution in [1.82, 2.24) is 4.90 Å². The highest BCUT2D eigenvalue weighted by Crippen LogP contribution is 2.32. The molecule has 1 heterocycles. The predicted molar refractivity (Wildman–Crippen MR) is 94.4 cm³/mol. The molecule has 1 N–H and O–H groups in total. The van der Waals surface area contributed by atoms with Gasteiger partial charge in [0.1, 0.15) is 11.4 Å². The fourth-order valence-electron chi connectivity index (χ4n) is 2.95. The van der Waals surface area contributed by atoms with Crippen LogP contribution in [0.3, 0.4) is 0 Å². The van der Waals surface area contributed by atoms with Crippen molar-refractivity contribution >= 4 is 12.1 Å². The van der Waals surface area contributed by atoms with Crippen LogP contribution in [-0.2, 0) is 4.74 Å². The van der Waals surface area contributed by atoms with Crippen LogP contribution in [0, 0.1) is 0 Å². The summed E-state index contributed by atoms with van der Waals surface area (Å²) in [5.41, 5.74) is 0.679. The number of hydrogen-bond donors (Lipinski definition) is 1. The third-order valence-electron chi connectivity index (χ3n) is 4.10. The summed E-state index contributed by atoms with van der Waals surface area (Å²) in [7, 11) is 0. The lowest BCUT2D eigenvalue weighted by Gasteiger charge is -2.33. The van der Waals surface area contributed by atoms with Crippen molar-refractivity contribution in [3.8, 4) is 5.75 Å². The second-order valence-corrected chi connectivity index (χ2v) is 7.27. The zero-order chi connectivity index (χ0) is 18.6. The quantitative estimate of drug-likeness (QED) is 0.892. The third kappa shape index (κ3) is 5.37. The molecule has 1 fully saturated rings. The summed E-state index contributed by atoms with van der Waals surface area (Å²) in [6.45, 7) is 9.10. The first-order valence-electron chi connectivity index (χ1n) is 8.68. The SMILES string of the molecule is CCOc1cc(C(=O)O)cc(C2CCN(C(=O)OC(C)(C)C)CC2)c1. The molecule has 6 nitrogen and oxygen atoms in total. The molecule has 6 heteroatoms. The summed E-state index contributed by atoms with van der Waals surface area (Å²) >= 11 is 0. The predicted octanol–water partition coefficient (Wildman–Crippen LogP) is 3.90. The molecule has 0 aromatic heterocycles. The number of hydrogen-bond acceptors (Lipinski definition) is 4. The maximum absolute atomic E-state index is 12.1. The van der Waals surface area contributed by atoms with Gasteiger partial charge in [-0.05, 0) is 70.2 Å². The Morgan fingerprint density at radius 1 is 1.20 bits per heavy atom. The number of carboxylic acid groups (broad SMARTS) is 1. The van der Waals surface area contributed by atoms with E-state index in [1.54, 1.807) is 17.0 Å². The molecular formula is C19H27NO5. The first-order chi connectivity index (χ1) is 11.7. The molecule has 1 amide bonds. The molecular weight excluding hydrogens is 322 g/mol. The van der Waals surface area contributed by atoms with Gasteiger partial charge in [-0.25, -0.2) is 9.59 Å². The topological polar surface area (TPSA) is 76.1 Å². The largest absolute Gasteiger partial charge is 0.494 e. The van der Waals surface area contributed by atoms with E-state index in [2.05, 4.69) is 0 Å². The van der Waals surface area contributed by atoms with Crippen molar-refractivity contribution in [3.63, 3.8) is 0 Å². The van der Waals surface area contributed by atoms with Gasteiger partial charge in [-0.2, -0.15) is 0 Å². The lowest BCUT2D eigenvalue weighted by Crippen LogP contribution is -2.41. The van der Waals surface area contributed by atoms with Crippen molar-refractivity contribution in [2.24, 2.45) is 0 Å². The molecule has 0 saturated carbocycles. The number of aromatic carboxylic acids is 1. The Morgan fingerprint density at radius 3 is 2.36 bits per heavy atom. The summed E-state index contributed by atoms with van der Waals surface area (Å²) in [5.74, 6) is -0.182. The minimum absolute atomic E-state index is 0.206. The van der Waals surface area contributed by atoms with Gasteiger partial charge in [0, 0.05) is 13.1 Å². The van der Waals surface area contributed by atoms with Crippen molar-refractivity contribution in [2.75, 3.05) is 19.7 Å². The average Bonchev–Trinajstić information content (AvgIpc) is 2.53. The maximum atomic E-state index is 12.1. The number of benzene rings is 1. The first-order valence-corrected chi connectivity index (χ1v) is 8.68. The molecule has 1 aliphatic rings. The molecule has 25 heavy (non-hydrogen) atoms. The molecule has 138 valence electrons. The van der Waals surface area contributed by atoms with E-state index in [4.69, 9.17) is 9.47 Å². The minimum atomic E-state index is -0.964.